The van der Waals surface area contributed by atoms with Gasteiger partial charge in [0.05, 0.1) is 5.69 Å². The molecule has 0 unspecified atom stereocenters. The van der Waals surface area contributed by atoms with Gasteiger partial charge >= 0.3 is 15.5 Å². The molecular weight excluding hydrogens is 391 g/mol. The maximum absolute atomic E-state index is 12.9. The van der Waals surface area contributed by atoms with E-state index in [1.165, 1.54) is 29.0 Å². The average molecular weight is 405 g/mol. The van der Waals surface area contributed by atoms with E-state index in [1.54, 1.807) is 54.6 Å². The molecule has 0 saturated carbocycles. The standard InChI is InChI=1S/C20H14F3NO3S/c21-20(22,23)28(26,27)24-18-13-16(14-7-3-1-4-8-14)11-12-17(18)19(25)15-9-5-2-6-10-15/h1-13,24H. The van der Waals surface area contributed by atoms with Crippen LogP contribution in [0.15, 0.2) is 78.9 Å². The summed E-state index contributed by atoms with van der Waals surface area (Å²) in [5, 5.41) is 0. The molecule has 4 nitrogen and oxygen atoms in total. The molecule has 0 saturated heterocycles. The SMILES string of the molecule is O=C(c1ccccc1)c1ccc(-c2ccccc2)cc1NS(=O)(=O)C(F)(F)F. The van der Waals surface area contributed by atoms with E-state index in [1.807, 2.05) is 0 Å². The maximum Gasteiger partial charge on any atom is 0.516 e. The normalized spacial score (nSPS) is 11.8. The summed E-state index contributed by atoms with van der Waals surface area (Å²) in [5.74, 6) is -0.597. The zero-order chi connectivity index (χ0) is 20.4. The molecule has 1 N–H and O–H groups in total. The van der Waals surface area contributed by atoms with Crippen LogP contribution in [-0.2, 0) is 10.0 Å². The van der Waals surface area contributed by atoms with Crippen molar-refractivity contribution in [2.75, 3.05) is 4.72 Å². The van der Waals surface area contributed by atoms with Gasteiger partial charge in [0.25, 0.3) is 0 Å². The zero-order valence-electron chi connectivity index (χ0n) is 14.3. The Balaban J connectivity index is 2.13. The van der Waals surface area contributed by atoms with Crippen molar-refractivity contribution >= 4 is 21.5 Å². The van der Waals surface area contributed by atoms with Gasteiger partial charge in [0.2, 0.25) is 0 Å². The molecule has 28 heavy (non-hydrogen) atoms. The third kappa shape index (κ3) is 4.07. The van der Waals surface area contributed by atoms with Gasteiger partial charge in [0.15, 0.2) is 5.78 Å². The van der Waals surface area contributed by atoms with E-state index in [2.05, 4.69) is 0 Å². The highest BCUT2D eigenvalue weighted by Crippen LogP contribution is 2.31. The van der Waals surface area contributed by atoms with E-state index in [0.717, 1.165) is 0 Å². The number of anilines is 1. The predicted molar refractivity (Wildman–Crippen MR) is 100 cm³/mol. The van der Waals surface area contributed by atoms with Crippen molar-refractivity contribution in [2.45, 2.75) is 5.51 Å². The van der Waals surface area contributed by atoms with Crippen molar-refractivity contribution in [1.82, 2.24) is 0 Å². The molecule has 144 valence electrons. The summed E-state index contributed by atoms with van der Waals surface area (Å²) in [4.78, 5) is 12.7. The Morgan fingerprint density at radius 3 is 1.93 bits per heavy atom. The lowest BCUT2D eigenvalue weighted by atomic mass is 9.97. The van der Waals surface area contributed by atoms with E-state index in [4.69, 9.17) is 0 Å². The fourth-order valence-electron chi connectivity index (χ4n) is 2.58. The Labute approximate surface area is 159 Å². The molecule has 3 aromatic carbocycles. The Bertz CT molecular complexity index is 1100. The lowest BCUT2D eigenvalue weighted by Crippen LogP contribution is -2.30. The summed E-state index contributed by atoms with van der Waals surface area (Å²) >= 11 is 0. The summed E-state index contributed by atoms with van der Waals surface area (Å²) in [6, 6.07) is 20.6. The second-order valence-electron chi connectivity index (χ2n) is 5.87. The number of ketones is 1. The number of rotatable bonds is 5. The van der Waals surface area contributed by atoms with Crippen LogP contribution < -0.4 is 4.72 Å². The zero-order valence-corrected chi connectivity index (χ0v) is 15.1. The lowest BCUT2D eigenvalue weighted by molar-refractivity contribution is -0.0429. The summed E-state index contributed by atoms with van der Waals surface area (Å²) in [7, 11) is -5.69. The topological polar surface area (TPSA) is 63.2 Å². The van der Waals surface area contributed by atoms with Crippen molar-refractivity contribution in [2.24, 2.45) is 0 Å². The predicted octanol–water partition coefficient (Wildman–Crippen LogP) is 4.85. The van der Waals surface area contributed by atoms with Gasteiger partial charge in [0.1, 0.15) is 0 Å². The molecule has 0 bridgehead atoms. The first-order valence-electron chi connectivity index (χ1n) is 8.07. The van der Waals surface area contributed by atoms with E-state index in [9.17, 15) is 26.4 Å². The minimum atomic E-state index is -5.69. The van der Waals surface area contributed by atoms with Crippen molar-refractivity contribution in [1.29, 1.82) is 0 Å². The molecule has 0 amide bonds. The fraction of sp³-hybridized carbons (Fsp3) is 0.0500. The van der Waals surface area contributed by atoms with Crippen LogP contribution >= 0.6 is 0 Å². The number of nitrogens with one attached hydrogen (secondary N) is 1. The monoisotopic (exact) mass is 405 g/mol. The van der Waals surface area contributed by atoms with E-state index >= 15 is 0 Å². The van der Waals surface area contributed by atoms with Crippen molar-refractivity contribution < 1.29 is 26.4 Å². The minimum absolute atomic E-state index is 0.182. The third-order valence-electron chi connectivity index (χ3n) is 3.96. The number of sulfonamides is 1. The second kappa shape index (κ2) is 7.47. The number of alkyl halides is 3. The van der Waals surface area contributed by atoms with Crippen molar-refractivity contribution in [3.8, 4) is 11.1 Å². The summed E-state index contributed by atoms with van der Waals surface area (Å²) < 4.78 is 63.4. The fourth-order valence-corrected chi connectivity index (χ4v) is 3.16. The van der Waals surface area contributed by atoms with Gasteiger partial charge in [-0.05, 0) is 23.3 Å². The van der Waals surface area contributed by atoms with Crippen LogP contribution in [0.3, 0.4) is 0 Å². The molecule has 0 aliphatic heterocycles. The molecule has 3 aromatic rings. The first kappa shape index (κ1) is 19.6. The van der Waals surface area contributed by atoms with E-state index in [0.29, 0.717) is 11.1 Å². The number of carbonyl (C=O) groups excluding carboxylic acids is 1. The Kier molecular flexibility index (Phi) is 5.24. The average Bonchev–Trinajstić information content (AvgIpc) is 2.67. The molecule has 0 spiro atoms. The number of benzene rings is 3. The van der Waals surface area contributed by atoms with Gasteiger partial charge in [-0.2, -0.15) is 21.6 Å². The van der Waals surface area contributed by atoms with Crippen LogP contribution in [0.1, 0.15) is 15.9 Å². The highest BCUT2D eigenvalue weighted by molar-refractivity contribution is 7.93. The molecule has 0 aliphatic rings. The van der Waals surface area contributed by atoms with Crippen LogP contribution in [0, 0.1) is 0 Å². The third-order valence-corrected chi connectivity index (χ3v) is 5.05. The maximum atomic E-state index is 12.9. The molecule has 0 atom stereocenters. The summed E-state index contributed by atoms with van der Waals surface area (Å²) in [5.41, 5.74) is -4.78. The van der Waals surface area contributed by atoms with E-state index in [-0.39, 0.29) is 11.1 Å². The molecule has 0 heterocycles. The molecule has 0 aromatic heterocycles. The molecule has 8 heteroatoms. The quantitative estimate of drug-likeness (QED) is 0.618. The van der Waals surface area contributed by atoms with Gasteiger partial charge in [-0.3, -0.25) is 9.52 Å². The van der Waals surface area contributed by atoms with Crippen molar-refractivity contribution in [3.63, 3.8) is 0 Å². The number of hydrogen-bond donors (Lipinski definition) is 1. The Hall–Kier alpha value is -3.13. The van der Waals surface area contributed by atoms with Crippen LogP contribution in [0.5, 0.6) is 0 Å². The van der Waals surface area contributed by atoms with Crippen LogP contribution in [-0.4, -0.2) is 19.7 Å². The van der Waals surface area contributed by atoms with Crippen molar-refractivity contribution in [3.05, 3.63) is 90.0 Å². The molecular formula is C20H14F3NO3S. The van der Waals surface area contributed by atoms with Gasteiger partial charge in [-0.25, -0.2) is 0 Å². The lowest BCUT2D eigenvalue weighted by Gasteiger charge is -2.15. The van der Waals surface area contributed by atoms with Crippen LogP contribution in [0.4, 0.5) is 18.9 Å². The first-order chi connectivity index (χ1) is 13.2. The Morgan fingerprint density at radius 1 is 0.786 bits per heavy atom. The summed E-state index contributed by atoms with van der Waals surface area (Å²) in [6.45, 7) is 0. The smallest absolute Gasteiger partial charge is 0.289 e. The number of hydrogen-bond acceptors (Lipinski definition) is 3. The van der Waals surface area contributed by atoms with Crippen LogP contribution in [0.25, 0.3) is 11.1 Å². The highest BCUT2D eigenvalue weighted by atomic mass is 32.2. The number of carbonyl (C=O) groups is 1. The molecule has 0 fully saturated rings. The minimum Gasteiger partial charge on any atom is -0.289 e. The Morgan fingerprint density at radius 2 is 1.36 bits per heavy atom. The van der Waals surface area contributed by atoms with Gasteiger partial charge in [0, 0.05) is 11.1 Å². The molecule has 3 rings (SSSR count). The summed E-state index contributed by atoms with van der Waals surface area (Å²) in [6.07, 6.45) is 0. The second-order valence-corrected chi connectivity index (χ2v) is 7.55. The van der Waals surface area contributed by atoms with Crippen LogP contribution in [0.2, 0.25) is 0 Å². The van der Waals surface area contributed by atoms with Gasteiger partial charge in [-0.15, -0.1) is 0 Å². The first-order valence-corrected chi connectivity index (χ1v) is 9.56. The van der Waals surface area contributed by atoms with Gasteiger partial charge < -0.3 is 0 Å². The number of halogens is 3. The molecule has 0 aliphatic carbocycles. The largest absolute Gasteiger partial charge is 0.516 e. The molecule has 0 radical (unpaired) electrons. The highest BCUT2D eigenvalue weighted by Gasteiger charge is 2.46. The van der Waals surface area contributed by atoms with Gasteiger partial charge in [-0.1, -0.05) is 66.7 Å². The van der Waals surface area contributed by atoms with E-state index < -0.39 is 27.0 Å².